The van der Waals surface area contributed by atoms with Gasteiger partial charge in [0.1, 0.15) is 11.8 Å². The van der Waals surface area contributed by atoms with Gasteiger partial charge in [0, 0.05) is 6.42 Å². The second-order valence-corrected chi connectivity index (χ2v) is 3.91. The highest BCUT2D eigenvalue weighted by molar-refractivity contribution is 5.87. The Labute approximate surface area is 109 Å². The highest BCUT2D eigenvalue weighted by Crippen LogP contribution is 2.16. The third-order valence-electron chi connectivity index (χ3n) is 2.56. The van der Waals surface area contributed by atoms with Crippen LogP contribution in [0.4, 0.5) is 0 Å². The van der Waals surface area contributed by atoms with Crippen molar-refractivity contribution in [2.24, 2.45) is 0 Å². The standard InChI is InChI=1S/C12H16N2O5/c15-7-9(12(18)14-19)13-11(17)6-5-8-3-1-2-4-10(8)16/h1-4,9,15-16,19H,5-7H2,(H,13,17)(H,14,18)/t9-/m0/s1. The van der Waals surface area contributed by atoms with Crippen molar-refractivity contribution in [1.29, 1.82) is 0 Å². The van der Waals surface area contributed by atoms with E-state index in [2.05, 4.69) is 5.32 Å². The molecule has 7 heteroatoms. The van der Waals surface area contributed by atoms with Gasteiger partial charge < -0.3 is 15.5 Å². The number of phenolic OH excluding ortho intramolecular Hbond substituents is 1. The molecule has 0 aliphatic carbocycles. The summed E-state index contributed by atoms with van der Waals surface area (Å²) in [5.41, 5.74) is 1.97. The molecule has 0 saturated carbocycles. The van der Waals surface area contributed by atoms with Crippen LogP contribution in [0.25, 0.3) is 0 Å². The summed E-state index contributed by atoms with van der Waals surface area (Å²) in [6.45, 7) is -0.616. The highest BCUT2D eigenvalue weighted by atomic mass is 16.5. The molecule has 0 aliphatic heterocycles. The lowest BCUT2D eigenvalue weighted by Crippen LogP contribution is -2.48. The maximum Gasteiger partial charge on any atom is 0.268 e. The number of carbonyl (C=O) groups excluding carboxylic acids is 2. The first-order valence-electron chi connectivity index (χ1n) is 5.69. The minimum absolute atomic E-state index is 0.0484. The number of hydrogen-bond acceptors (Lipinski definition) is 5. The number of aliphatic hydroxyl groups excluding tert-OH is 1. The Morgan fingerprint density at radius 3 is 2.53 bits per heavy atom. The van der Waals surface area contributed by atoms with Gasteiger partial charge in [0.05, 0.1) is 6.61 Å². The normalized spacial score (nSPS) is 11.7. The molecule has 2 amide bonds. The maximum atomic E-state index is 11.6. The molecule has 1 rings (SSSR count). The third kappa shape index (κ3) is 4.57. The van der Waals surface area contributed by atoms with Crippen LogP contribution in [0.3, 0.4) is 0 Å². The number of aromatic hydroxyl groups is 1. The Kier molecular flexibility index (Phi) is 5.77. The van der Waals surface area contributed by atoms with Crippen molar-refractivity contribution in [3.05, 3.63) is 29.8 Å². The van der Waals surface area contributed by atoms with Crippen molar-refractivity contribution < 1.29 is 25.0 Å². The molecule has 7 nitrogen and oxygen atoms in total. The lowest BCUT2D eigenvalue weighted by molar-refractivity contribution is -0.135. The van der Waals surface area contributed by atoms with E-state index >= 15 is 0 Å². The predicted octanol–water partition coefficient (Wildman–Crippen LogP) is -0.693. The van der Waals surface area contributed by atoms with Crippen LogP contribution in [-0.4, -0.2) is 39.9 Å². The van der Waals surface area contributed by atoms with E-state index in [1.165, 1.54) is 11.5 Å². The summed E-state index contributed by atoms with van der Waals surface area (Å²) in [6, 6.07) is 5.42. The smallest absolute Gasteiger partial charge is 0.268 e. The molecule has 0 saturated heterocycles. The fraction of sp³-hybridized carbons (Fsp3) is 0.333. The molecule has 104 valence electrons. The number of phenols is 1. The number of aliphatic hydroxyl groups is 1. The quantitative estimate of drug-likeness (QED) is 0.345. The van der Waals surface area contributed by atoms with Gasteiger partial charge in [-0.3, -0.25) is 14.8 Å². The Balaban J connectivity index is 2.48. The number of hydrogen-bond donors (Lipinski definition) is 5. The zero-order valence-corrected chi connectivity index (χ0v) is 10.2. The molecule has 0 aromatic heterocycles. The van der Waals surface area contributed by atoms with Gasteiger partial charge in [-0.1, -0.05) is 18.2 Å². The van der Waals surface area contributed by atoms with Crippen molar-refractivity contribution in [3.63, 3.8) is 0 Å². The first kappa shape index (κ1) is 14.9. The molecule has 5 N–H and O–H groups in total. The second kappa shape index (κ2) is 7.34. The van der Waals surface area contributed by atoms with Crippen LogP contribution >= 0.6 is 0 Å². The van der Waals surface area contributed by atoms with E-state index in [4.69, 9.17) is 10.3 Å². The van der Waals surface area contributed by atoms with Crippen LogP contribution < -0.4 is 10.8 Å². The van der Waals surface area contributed by atoms with Crippen molar-refractivity contribution in [1.82, 2.24) is 10.8 Å². The van der Waals surface area contributed by atoms with Gasteiger partial charge in [-0.15, -0.1) is 0 Å². The molecule has 0 spiro atoms. The Morgan fingerprint density at radius 2 is 1.95 bits per heavy atom. The van der Waals surface area contributed by atoms with Crippen LogP contribution in [0.1, 0.15) is 12.0 Å². The molecule has 19 heavy (non-hydrogen) atoms. The topological polar surface area (TPSA) is 119 Å². The molecule has 0 bridgehead atoms. The lowest BCUT2D eigenvalue weighted by Gasteiger charge is -2.14. The number of aryl methyl sites for hydroxylation is 1. The molecular weight excluding hydrogens is 252 g/mol. The van der Waals surface area contributed by atoms with Crippen LogP contribution in [0.2, 0.25) is 0 Å². The summed E-state index contributed by atoms with van der Waals surface area (Å²) >= 11 is 0. The fourth-order valence-electron chi connectivity index (χ4n) is 1.51. The summed E-state index contributed by atoms with van der Waals surface area (Å²) in [6.07, 6.45) is 0.351. The summed E-state index contributed by atoms with van der Waals surface area (Å²) in [4.78, 5) is 22.6. The van der Waals surface area contributed by atoms with Gasteiger partial charge in [0.25, 0.3) is 5.91 Å². The van der Waals surface area contributed by atoms with Crippen molar-refractivity contribution in [2.45, 2.75) is 18.9 Å². The van der Waals surface area contributed by atoms with Crippen LogP contribution in [0.15, 0.2) is 24.3 Å². The zero-order valence-electron chi connectivity index (χ0n) is 10.2. The van der Waals surface area contributed by atoms with E-state index in [0.717, 1.165) is 0 Å². The minimum Gasteiger partial charge on any atom is -0.508 e. The molecule has 0 aliphatic rings. The van der Waals surface area contributed by atoms with E-state index in [1.54, 1.807) is 18.2 Å². The van der Waals surface area contributed by atoms with E-state index < -0.39 is 24.5 Å². The average molecular weight is 268 g/mol. The number of rotatable bonds is 6. The van der Waals surface area contributed by atoms with Gasteiger partial charge in [0.15, 0.2) is 0 Å². The molecular formula is C12H16N2O5. The Hall–Kier alpha value is -2.12. The van der Waals surface area contributed by atoms with Gasteiger partial charge in [-0.05, 0) is 18.1 Å². The van der Waals surface area contributed by atoms with Gasteiger partial charge in [-0.25, -0.2) is 5.48 Å². The summed E-state index contributed by atoms with van der Waals surface area (Å²) < 4.78 is 0. The highest BCUT2D eigenvalue weighted by Gasteiger charge is 2.19. The van der Waals surface area contributed by atoms with E-state index in [9.17, 15) is 14.7 Å². The molecule has 0 fully saturated rings. The molecule has 0 radical (unpaired) electrons. The zero-order chi connectivity index (χ0) is 14.3. The monoisotopic (exact) mass is 268 g/mol. The molecule has 1 atom stereocenters. The SMILES string of the molecule is O=C(CCc1ccccc1O)N[C@@H](CO)C(=O)NO. The van der Waals surface area contributed by atoms with E-state index in [-0.39, 0.29) is 12.2 Å². The maximum absolute atomic E-state index is 11.6. The van der Waals surface area contributed by atoms with Gasteiger partial charge >= 0.3 is 0 Å². The molecule has 0 heterocycles. The first-order chi connectivity index (χ1) is 9.08. The number of carbonyl (C=O) groups is 2. The lowest BCUT2D eigenvalue weighted by atomic mass is 10.1. The van der Waals surface area contributed by atoms with Gasteiger partial charge in [0.2, 0.25) is 5.91 Å². The van der Waals surface area contributed by atoms with E-state index in [0.29, 0.717) is 12.0 Å². The van der Waals surface area contributed by atoms with Crippen LogP contribution in [0, 0.1) is 0 Å². The minimum atomic E-state index is -1.19. The second-order valence-electron chi connectivity index (χ2n) is 3.91. The average Bonchev–Trinajstić information content (AvgIpc) is 2.43. The first-order valence-corrected chi connectivity index (χ1v) is 5.69. The fourth-order valence-corrected chi connectivity index (χ4v) is 1.51. The summed E-state index contributed by atoms with van der Waals surface area (Å²) in [5.74, 6) is -1.26. The van der Waals surface area contributed by atoms with E-state index in [1.807, 2.05) is 0 Å². The van der Waals surface area contributed by atoms with Crippen molar-refractivity contribution in [2.75, 3.05) is 6.61 Å². The number of hydroxylamine groups is 1. The summed E-state index contributed by atoms with van der Waals surface area (Å²) in [7, 11) is 0. The van der Waals surface area contributed by atoms with Crippen LogP contribution in [0.5, 0.6) is 5.75 Å². The van der Waals surface area contributed by atoms with Gasteiger partial charge in [-0.2, -0.15) is 0 Å². The number of amides is 2. The van der Waals surface area contributed by atoms with Crippen molar-refractivity contribution in [3.8, 4) is 5.75 Å². The predicted molar refractivity (Wildman–Crippen MR) is 65.4 cm³/mol. The molecule has 1 aromatic carbocycles. The molecule has 0 unspecified atom stereocenters. The molecule has 1 aromatic rings. The number of nitrogens with one attached hydrogen (secondary N) is 2. The Bertz CT molecular complexity index is 450. The largest absolute Gasteiger partial charge is 0.508 e. The van der Waals surface area contributed by atoms with Crippen LogP contribution in [-0.2, 0) is 16.0 Å². The third-order valence-corrected chi connectivity index (χ3v) is 2.56. The van der Waals surface area contributed by atoms with Crippen molar-refractivity contribution >= 4 is 11.8 Å². The number of para-hydroxylation sites is 1. The number of benzene rings is 1. The summed E-state index contributed by atoms with van der Waals surface area (Å²) in [5, 5.41) is 29.1. The Morgan fingerprint density at radius 1 is 1.26 bits per heavy atom.